The van der Waals surface area contributed by atoms with Gasteiger partial charge in [-0.3, -0.25) is 0 Å². The zero-order valence-electron chi connectivity index (χ0n) is 9.69. The van der Waals surface area contributed by atoms with Crippen LogP contribution in [0, 0.1) is 0 Å². The first-order valence-electron chi connectivity index (χ1n) is 5.50. The third-order valence-corrected chi connectivity index (χ3v) is 2.43. The lowest BCUT2D eigenvalue weighted by Gasteiger charge is -2.09. The molecule has 1 aromatic rings. The Kier molecular flexibility index (Phi) is 3.69. The number of hydrogen-bond acceptors (Lipinski definition) is 4. The Morgan fingerprint density at radius 3 is 2.88 bits per heavy atom. The van der Waals surface area contributed by atoms with E-state index in [2.05, 4.69) is 10.1 Å². The van der Waals surface area contributed by atoms with E-state index in [1.165, 1.54) is 7.11 Å². The van der Waals surface area contributed by atoms with Crippen molar-refractivity contribution in [3.05, 3.63) is 23.8 Å². The Balaban J connectivity index is 2.04. The molecule has 17 heavy (non-hydrogen) atoms. The molecule has 0 fully saturated rings. The van der Waals surface area contributed by atoms with Crippen LogP contribution in [0.5, 0.6) is 11.5 Å². The first kappa shape index (κ1) is 11.6. The number of benzene rings is 1. The monoisotopic (exact) mass is 237 g/mol. The molecule has 0 aliphatic carbocycles. The highest BCUT2D eigenvalue weighted by Gasteiger charge is 2.10. The zero-order chi connectivity index (χ0) is 12.1. The number of rotatable bonds is 2. The van der Waals surface area contributed by atoms with E-state index in [9.17, 15) is 4.79 Å². The fraction of sp³-hybridized carbons (Fsp3) is 0.417. The molecule has 1 aromatic carbocycles. The van der Waals surface area contributed by atoms with Gasteiger partial charge < -0.3 is 19.5 Å². The van der Waals surface area contributed by atoms with E-state index < -0.39 is 6.09 Å². The van der Waals surface area contributed by atoms with Gasteiger partial charge in [-0.15, -0.1) is 0 Å². The summed E-state index contributed by atoms with van der Waals surface area (Å²) in [5.41, 5.74) is 0.944. The van der Waals surface area contributed by atoms with Crippen molar-refractivity contribution < 1.29 is 19.0 Å². The van der Waals surface area contributed by atoms with Gasteiger partial charge in [0.25, 0.3) is 0 Å². The van der Waals surface area contributed by atoms with Crippen LogP contribution in [0.3, 0.4) is 0 Å². The third-order valence-electron chi connectivity index (χ3n) is 2.43. The Bertz CT molecular complexity index is 405. The average Bonchev–Trinajstić information content (AvgIpc) is 2.60. The molecule has 1 aliphatic rings. The van der Waals surface area contributed by atoms with E-state index in [1.54, 1.807) is 0 Å². The van der Waals surface area contributed by atoms with Crippen molar-refractivity contribution in [3.8, 4) is 11.5 Å². The van der Waals surface area contributed by atoms with E-state index >= 15 is 0 Å². The van der Waals surface area contributed by atoms with Crippen LogP contribution in [-0.2, 0) is 11.3 Å². The minimum Gasteiger partial charge on any atom is -0.490 e. The number of carbonyl (C=O) groups excluding carboxylic acids is 1. The van der Waals surface area contributed by atoms with E-state index in [4.69, 9.17) is 9.47 Å². The van der Waals surface area contributed by atoms with Crippen molar-refractivity contribution in [2.45, 2.75) is 13.0 Å². The molecule has 0 saturated heterocycles. The highest BCUT2D eigenvalue weighted by Crippen LogP contribution is 2.30. The van der Waals surface area contributed by atoms with Crippen LogP contribution < -0.4 is 14.8 Å². The molecule has 2 rings (SSSR count). The molecule has 0 saturated carbocycles. The molecule has 1 amide bonds. The summed E-state index contributed by atoms with van der Waals surface area (Å²) >= 11 is 0. The largest absolute Gasteiger partial charge is 0.490 e. The van der Waals surface area contributed by atoms with Crippen molar-refractivity contribution >= 4 is 6.09 Å². The predicted octanol–water partition coefficient (Wildman–Crippen LogP) is 1.70. The lowest BCUT2D eigenvalue weighted by molar-refractivity contribution is 0.170. The molecule has 5 nitrogen and oxygen atoms in total. The highest BCUT2D eigenvalue weighted by atomic mass is 16.5. The number of hydrogen-bond donors (Lipinski definition) is 1. The van der Waals surface area contributed by atoms with Crippen molar-refractivity contribution in [3.63, 3.8) is 0 Å². The van der Waals surface area contributed by atoms with Gasteiger partial charge in [0.05, 0.1) is 20.3 Å². The molecule has 0 radical (unpaired) electrons. The molecule has 92 valence electrons. The van der Waals surface area contributed by atoms with Gasteiger partial charge >= 0.3 is 6.09 Å². The molecule has 0 atom stereocenters. The van der Waals surface area contributed by atoms with Gasteiger partial charge in [0.15, 0.2) is 11.5 Å². The Morgan fingerprint density at radius 2 is 2.12 bits per heavy atom. The number of nitrogens with one attached hydrogen (secondary N) is 1. The Morgan fingerprint density at radius 1 is 1.35 bits per heavy atom. The smallest absolute Gasteiger partial charge is 0.407 e. The standard InChI is InChI=1S/C12H15NO4/c1-15-12(14)13-8-9-3-4-10-11(7-9)17-6-2-5-16-10/h3-4,7H,2,5-6,8H2,1H3,(H,13,14). The maximum Gasteiger partial charge on any atom is 0.407 e. The van der Waals surface area contributed by atoms with E-state index in [-0.39, 0.29) is 0 Å². The minimum atomic E-state index is -0.447. The van der Waals surface area contributed by atoms with Crippen LogP contribution >= 0.6 is 0 Å². The number of ether oxygens (including phenoxy) is 3. The summed E-state index contributed by atoms with van der Waals surface area (Å²) in [4.78, 5) is 10.9. The quantitative estimate of drug-likeness (QED) is 0.850. The Labute approximate surface area is 99.7 Å². The second-order valence-corrected chi connectivity index (χ2v) is 3.68. The van der Waals surface area contributed by atoms with Crippen molar-refractivity contribution in [2.75, 3.05) is 20.3 Å². The summed E-state index contributed by atoms with van der Waals surface area (Å²) in [7, 11) is 1.34. The summed E-state index contributed by atoms with van der Waals surface area (Å²) in [5, 5.41) is 2.61. The number of alkyl carbamates (subject to hydrolysis) is 1. The van der Waals surface area contributed by atoms with Gasteiger partial charge in [-0.1, -0.05) is 6.07 Å². The zero-order valence-corrected chi connectivity index (χ0v) is 9.69. The van der Waals surface area contributed by atoms with Crippen LogP contribution in [0.15, 0.2) is 18.2 Å². The molecule has 0 unspecified atom stereocenters. The van der Waals surface area contributed by atoms with Gasteiger partial charge in [-0.25, -0.2) is 4.79 Å². The normalized spacial score (nSPS) is 13.7. The molecule has 5 heteroatoms. The SMILES string of the molecule is COC(=O)NCc1ccc2c(c1)OCCCO2. The van der Waals surface area contributed by atoms with Crippen molar-refractivity contribution in [2.24, 2.45) is 0 Å². The van der Waals surface area contributed by atoms with Crippen molar-refractivity contribution in [1.29, 1.82) is 0 Å². The molecule has 0 aromatic heterocycles. The second-order valence-electron chi connectivity index (χ2n) is 3.68. The molecule has 0 spiro atoms. The molecular formula is C12H15NO4. The van der Waals surface area contributed by atoms with Crippen LogP contribution in [0.4, 0.5) is 4.79 Å². The highest BCUT2D eigenvalue weighted by molar-refractivity contribution is 5.66. The summed E-state index contributed by atoms with van der Waals surface area (Å²) in [6.07, 6.45) is 0.432. The molecule has 1 heterocycles. The summed E-state index contributed by atoms with van der Waals surface area (Å²) < 4.78 is 15.6. The first-order valence-corrected chi connectivity index (χ1v) is 5.50. The van der Waals surface area contributed by atoms with Gasteiger partial charge in [-0.2, -0.15) is 0 Å². The number of amides is 1. The maximum absolute atomic E-state index is 10.9. The topological polar surface area (TPSA) is 56.8 Å². The van der Waals surface area contributed by atoms with Crippen LogP contribution in [-0.4, -0.2) is 26.4 Å². The minimum absolute atomic E-state index is 0.406. The van der Waals surface area contributed by atoms with Crippen LogP contribution in [0.2, 0.25) is 0 Å². The van der Waals surface area contributed by atoms with E-state index in [1.807, 2.05) is 18.2 Å². The van der Waals surface area contributed by atoms with Gasteiger partial charge in [-0.05, 0) is 17.7 Å². The van der Waals surface area contributed by atoms with E-state index in [0.29, 0.717) is 19.8 Å². The predicted molar refractivity (Wildman–Crippen MR) is 61.3 cm³/mol. The summed E-state index contributed by atoms with van der Waals surface area (Å²) in [5.74, 6) is 1.48. The van der Waals surface area contributed by atoms with Gasteiger partial charge in [0.1, 0.15) is 0 Å². The summed E-state index contributed by atoms with van der Waals surface area (Å²) in [6.45, 7) is 1.73. The molecular weight excluding hydrogens is 222 g/mol. The van der Waals surface area contributed by atoms with Gasteiger partial charge in [0, 0.05) is 13.0 Å². The van der Waals surface area contributed by atoms with E-state index in [0.717, 1.165) is 23.5 Å². The molecule has 1 N–H and O–H groups in total. The molecule has 1 aliphatic heterocycles. The van der Waals surface area contributed by atoms with Crippen LogP contribution in [0.1, 0.15) is 12.0 Å². The first-order chi connectivity index (χ1) is 8.29. The fourth-order valence-electron chi connectivity index (χ4n) is 1.56. The Hall–Kier alpha value is -1.91. The van der Waals surface area contributed by atoms with Crippen LogP contribution in [0.25, 0.3) is 0 Å². The van der Waals surface area contributed by atoms with Crippen molar-refractivity contribution in [1.82, 2.24) is 5.32 Å². The van der Waals surface area contributed by atoms with Gasteiger partial charge in [0.2, 0.25) is 0 Å². The average molecular weight is 237 g/mol. The number of methoxy groups -OCH3 is 1. The lowest BCUT2D eigenvalue weighted by atomic mass is 10.2. The fourth-order valence-corrected chi connectivity index (χ4v) is 1.56. The second kappa shape index (κ2) is 5.43. The number of carbonyl (C=O) groups is 1. The lowest BCUT2D eigenvalue weighted by Crippen LogP contribution is -2.22. The summed E-state index contributed by atoms with van der Waals surface area (Å²) in [6, 6.07) is 5.62. The number of fused-ring (bicyclic) bond motifs is 1. The third kappa shape index (κ3) is 3.03. The molecule has 0 bridgehead atoms. The maximum atomic E-state index is 10.9.